The van der Waals surface area contributed by atoms with Crippen molar-refractivity contribution in [1.82, 2.24) is 13.9 Å². The molecule has 3 aromatic rings. The van der Waals surface area contributed by atoms with E-state index in [0.29, 0.717) is 49.3 Å². The van der Waals surface area contributed by atoms with Crippen molar-refractivity contribution in [3.8, 4) is 0 Å². The standard InChI is InChI=1S/C23H29N3O4S/c1-4-15-26(31(28,29)18-11-7-6-8-12-18)21(5-2)22-24-20-14-10-9-13-19(20)23(27)25(22)16-17-30-3/h6-14,21H,4-5,15-17H2,1-3H3. The van der Waals surface area contributed by atoms with Gasteiger partial charge in [0.1, 0.15) is 5.82 Å². The third kappa shape index (κ3) is 4.71. The topological polar surface area (TPSA) is 81.5 Å². The molecule has 0 aliphatic rings. The number of nitrogens with zero attached hydrogens (tertiary/aromatic N) is 3. The van der Waals surface area contributed by atoms with Gasteiger partial charge in [-0.05, 0) is 37.1 Å². The average molecular weight is 444 g/mol. The van der Waals surface area contributed by atoms with Gasteiger partial charge in [0, 0.05) is 13.7 Å². The van der Waals surface area contributed by atoms with Crippen molar-refractivity contribution in [3.63, 3.8) is 0 Å². The third-order valence-corrected chi connectivity index (χ3v) is 7.16. The molecule has 1 aromatic heterocycles. The van der Waals surface area contributed by atoms with Gasteiger partial charge in [-0.25, -0.2) is 13.4 Å². The number of hydrogen-bond donors (Lipinski definition) is 0. The first kappa shape index (κ1) is 23.1. The van der Waals surface area contributed by atoms with E-state index in [-0.39, 0.29) is 10.5 Å². The van der Waals surface area contributed by atoms with E-state index in [1.807, 2.05) is 19.9 Å². The second-order valence-corrected chi connectivity index (χ2v) is 9.18. The molecule has 1 atom stereocenters. The van der Waals surface area contributed by atoms with E-state index in [9.17, 15) is 13.2 Å². The second kappa shape index (κ2) is 10.2. The van der Waals surface area contributed by atoms with Gasteiger partial charge in [0.05, 0.1) is 35.0 Å². The molecule has 7 nitrogen and oxygen atoms in total. The Labute approximate surface area is 183 Å². The van der Waals surface area contributed by atoms with Crippen molar-refractivity contribution in [2.24, 2.45) is 0 Å². The van der Waals surface area contributed by atoms with Crippen LogP contribution in [-0.2, 0) is 21.3 Å². The van der Waals surface area contributed by atoms with Gasteiger partial charge in [0.25, 0.3) is 5.56 Å². The fraction of sp³-hybridized carbons (Fsp3) is 0.391. The minimum atomic E-state index is -3.78. The van der Waals surface area contributed by atoms with Crippen molar-refractivity contribution in [2.45, 2.75) is 44.2 Å². The van der Waals surface area contributed by atoms with Crippen LogP contribution < -0.4 is 5.56 Å². The predicted octanol–water partition coefficient (Wildman–Crippen LogP) is 3.59. The summed E-state index contributed by atoms with van der Waals surface area (Å²) in [6.45, 7) is 4.79. The molecule has 8 heteroatoms. The fourth-order valence-corrected chi connectivity index (χ4v) is 5.52. The molecule has 1 unspecified atom stereocenters. The van der Waals surface area contributed by atoms with Gasteiger partial charge < -0.3 is 4.74 Å². The number of para-hydroxylation sites is 1. The smallest absolute Gasteiger partial charge is 0.261 e. The first-order valence-electron chi connectivity index (χ1n) is 10.5. The third-order valence-electron chi connectivity index (χ3n) is 5.24. The summed E-state index contributed by atoms with van der Waals surface area (Å²) < 4.78 is 35.4. The monoisotopic (exact) mass is 443 g/mol. The van der Waals surface area contributed by atoms with Crippen LogP contribution in [0.2, 0.25) is 0 Å². The van der Waals surface area contributed by atoms with E-state index >= 15 is 0 Å². The Kier molecular flexibility index (Phi) is 7.59. The van der Waals surface area contributed by atoms with Crippen molar-refractivity contribution < 1.29 is 13.2 Å². The number of methoxy groups -OCH3 is 1. The Morgan fingerprint density at radius 3 is 2.39 bits per heavy atom. The van der Waals surface area contributed by atoms with Crippen molar-refractivity contribution >= 4 is 20.9 Å². The van der Waals surface area contributed by atoms with Gasteiger partial charge in [-0.3, -0.25) is 9.36 Å². The molecule has 0 aliphatic carbocycles. The molecule has 0 saturated carbocycles. The van der Waals surface area contributed by atoms with E-state index in [0.717, 1.165) is 0 Å². The summed E-state index contributed by atoms with van der Waals surface area (Å²) in [5.74, 6) is 0.441. The molecule has 0 bridgehead atoms. The minimum Gasteiger partial charge on any atom is -0.383 e. The highest BCUT2D eigenvalue weighted by atomic mass is 32.2. The van der Waals surface area contributed by atoms with Crippen LogP contribution in [0.25, 0.3) is 10.9 Å². The molecule has 0 radical (unpaired) electrons. The highest BCUT2D eigenvalue weighted by Crippen LogP contribution is 2.30. The Balaban J connectivity index is 2.22. The van der Waals surface area contributed by atoms with Crippen LogP contribution in [-0.4, -0.2) is 42.5 Å². The zero-order chi connectivity index (χ0) is 22.4. The van der Waals surface area contributed by atoms with Gasteiger partial charge in [-0.2, -0.15) is 4.31 Å². The minimum absolute atomic E-state index is 0.190. The number of ether oxygens (including phenoxy) is 1. The van der Waals surface area contributed by atoms with Crippen LogP contribution in [0.15, 0.2) is 64.3 Å². The predicted molar refractivity (Wildman–Crippen MR) is 122 cm³/mol. The Morgan fingerprint density at radius 1 is 1.06 bits per heavy atom. The normalized spacial score (nSPS) is 13.0. The second-order valence-electron chi connectivity index (χ2n) is 7.29. The van der Waals surface area contributed by atoms with Crippen molar-refractivity contribution in [3.05, 3.63) is 70.8 Å². The lowest BCUT2D eigenvalue weighted by Crippen LogP contribution is -2.39. The van der Waals surface area contributed by atoms with E-state index in [4.69, 9.17) is 9.72 Å². The van der Waals surface area contributed by atoms with E-state index < -0.39 is 16.1 Å². The zero-order valence-electron chi connectivity index (χ0n) is 18.2. The van der Waals surface area contributed by atoms with Gasteiger partial charge in [0.2, 0.25) is 10.0 Å². The van der Waals surface area contributed by atoms with Crippen LogP contribution >= 0.6 is 0 Å². The van der Waals surface area contributed by atoms with Crippen molar-refractivity contribution in [1.29, 1.82) is 0 Å². The number of sulfonamides is 1. The number of hydrogen-bond acceptors (Lipinski definition) is 5. The van der Waals surface area contributed by atoms with Crippen LogP contribution in [0, 0.1) is 0 Å². The molecule has 31 heavy (non-hydrogen) atoms. The molecule has 3 rings (SSSR count). The average Bonchev–Trinajstić information content (AvgIpc) is 2.79. The Hall–Kier alpha value is -2.55. The molecule has 166 valence electrons. The first-order valence-corrected chi connectivity index (χ1v) is 11.9. The summed E-state index contributed by atoms with van der Waals surface area (Å²) in [4.78, 5) is 18.3. The largest absolute Gasteiger partial charge is 0.383 e. The molecular formula is C23H29N3O4S. The SMILES string of the molecule is CCCN(C(CC)c1nc2ccccc2c(=O)n1CCOC)S(=O)(=O)c1ccccc1. The van der Waals surface area contributed by atoms with Gasteiger partial charge >= 0.3 is 0 Å². The Morgan fingerprint density at radius 2 is 1.74 bits per heavy atom. The molecule has 1 heterocycles. The van der Waals surface area contributed by atoms with E-state index in [1.165, 1.54) is 4.31 Å². The number of fused-ring (bicyclic) bond motifs is 1. The van der Waals surface area contributed by atoms with Crippen LogP contribution in [0.5, 0.6) is 0 Å². The zero-order valence-corrected chi connectivity index (χ0v) is 19.0. The first-order chi connectivity index (χ1) is 15.0. The van der Waals surface area contributed by atoms with E-state index in [1.54, 1.807) is 60.2 Å². The maximum Gasteiger partial charge on any atom is 0.261 e. The summed E-state index contributed by atoms with van der Waals surface area (Å²) in [5, 5.41) is 0.505. The quantitative estimate of drug-likeness (QED) is 0.478. The molecule has 0 aliphatic heterocycles. The van der Waals surface area contributed by atoms with Gasteiger partial charge in [-0.1, -0.05) is 44.2 Å². The molecule has 0 fully saturated rings. The summed E-state index contributed by atoms with van der Waals surface area (Å²) in [5.41, 5.74) is 0.368. The number of benzene rings is 2. The highest BCUT2D eigenvalue weighted by molar-refractivity contribution is 7.89. The molecule has 0 N–H and O–H groups in total. The fourth-order valence-electron chi connectivity index (χ4n) is 3.75. The summed E-state index contributed by atoms with van der Waals surface area (Å²) in [6, 6.07) is 14.9. The number of rotatable bonds is 10. The summed E-state index contributed by atoms with van der Waals surface area (Å²) in [6.07, 6.45) is 1.11. The number of aromatic nitrogens is 2. The van der Waals surface area contributed by atoms with Crippen LogP contribution in [0.3, 0.4) is 0 Å². The lowest BCUT2D eigenvalue weighted by molar-refractivity contribution is 0.182. The van der Waals surface area contributed by atoms with Crippen LogP contribution in [0.4, 0.5) is 0 Å². The lowest BCUT2D eigenvalue weighted by Gasteiger charge is -2.31. The molecule has 0 spiro atoms. The molecule has 0 saturated heterocycles. The van der Waals surface area contributed by atoms with Gasteiger partial charge in [0.15, 0.2) is 0 Å². The summed E-state index contributed by atoms with van der Waals surface area (Å²) >= 11 is 0. The molecule has 0 amide bonds. The molecule has 2 aromatic carbocycles. The maximum absolute atomic E-state index is 13.6. The maximum atomic E-state index is 13.6. The van der Waals surface area contributed by atoms with Gasteiger partial charge in [-0.15, -0.1) is 0 Å². The Bertz CT molecular complexity index is 1180. The molecular weight excluding hydrogens is 414 g/mol. The van der Waals surface area contributed by atoms with Crippen molar-refractivity contribution in [2.75, 3.05) is 20.3 Å². The van der Waals surface area contributed by atoms with Crippen LogP contribution in [0.1, 0.15) is 38.6 Å². The van der Waals surface area contributed by atoms with E-state index in [2.05, 4.69) is 0 Å². The summed E-state index contributed by atoms with van der Waals surface area (Å²) in [7, 11) is -2.21. The lowest BCUT2D eigenvalue weighted by atomic mass is 10.1. The highest BCUT2D eigenvalue weighted by Gasteiger charge is 2.33.